The van der Waals surface area contributed by atoms with Gasteiger partial charge < -0.3 is 9.64 Å². The molecule has 0 unspecified atom stereocenters. The standard InChI is InChI=1S/C23H22Cl2N2O4S/c1-26(19-10-12-20(31-2)13-11-19)23(28)16-27(15-17-8-9-18(24)14-22(17)25)32(29,30)21-6-4-3-5-7-21/h3-14H,15-16H2,1-2H3. The van der Waals surface area contributed by atoms with E-state index in [-0.39, 0.29) is 18.0 Å². The second-order valence-corrected chi connectivity index (χ2v) is 9.75. The predicted octanol–water partition coefficient (Wildman–Crippen LogP) is 4.86. The van der Waals surface area contributed by atoms with E-state index in [0.717, 1.165) is 4.31 Å². The zero-order chi connectivity index (χ0) is 23.3. The number of likely N-dealkylation sites (N-methyl/N-ethyl adjacent to an activating group) is 1. The Bertz CT molecular complexity index is 1190. The van der Waals surface area contributed by atoms with Crippen LogP contribution in [0.3, 0.4) is 0 Å². The highest BCUT2D eigenvalue weighted by Crippen LogP contribution is 2.26. The molecule has 0 atom stereocenters. The minimum atomic E-state index is -3.97. The van der Waals surface area contributed by atoms with Gasteiger partial charge in [0.25, 0.3) is 0 Å². The van der Waals surface area contributed by atoms with Crippen molar-refractivity contribution in [2.45, 2.75) is 11.4 Å². The molecule has 0 bridgehead atoms. The predicted molar refractivity (Wildman–Crippen MR) is 127 cm³/mol. The van der Waals surface area contributed by atoms with Crippen molar-refractivity contribution < 1.29 is 17.9 Å². The lowest BCUT2D eigenvalue weighted by molar-refractivity contribution is -0.118. The Morgan fingerprint density at radius 3 is 2.22 bits per heavy atom. The van der Waals surface area contributed by atoms with Gasteiger partial charge in [-0.15, -0.1) is 0 Å². The lowest BCUT2D eigenvalue weighted by atomic mass is 10.2. The monoisotopic (exact) mass is 492 g/mol. The summed E-state index contributed by atoms with van der Waals surface area (Å²) in [4.78, 5) is 14.5. The number of carbonyl (C=O) groups excluding carboxylic acids is 1. The van der Waals surface area contributed by atoms with Crippen molar-refractivity contribution in [3.05, 3.63) is 88.4 Å². The summed E-state index contributed by atoms with van der Waals surface area (Å²) in [5.74, 6) is 0.250. The van der Waals surface area contributed by atoms with E-state index < -0.39 is 15.9 Å². The molecule has 1 amide bonds. The highest BCUT2D eigenvalue weighted by atomic mass is 35.5. The smallest absolute Gasteiger partial charge is 0.243 e. The van der Waals surface area contributed by atoms with Crippen LogP contribution in [0.1, 0.15) is 5.56 Å². The molecule has 0 N–H and O–H groups in total. The number of hydrogen-bond donors (Lipinski definition) is 0. The normalized spacial score (nSPS) is 11.4. The van der Waals surface area contributed by atoms with Crippen molar-refractivity contribution in [1.29, 1.82) is 0 Å². The van der Waals surface area contributed by atoms with Gasteiger partial charge in [0, 0.05) is 29.3 Å². The fourth-order valence-electron chi connectivity index (χ4n) is 3.01. The summed E-state index contributed by atoms with van der Waals surface area (Å²) < 4.78 is 33.0. The van der Waals surface area contributed by atoms with Crippen molar-refractivity contribution in [2.75, 3.05) is 25.6 Å². The molecule has 0 aromatic heterocycles. The number of carbonyl (C=O) groups is 1. The first kappa shape index (κ1) is 24.1. The Morgan fingerprint density at radius 1 is 0.969 bits per heavy atom. The van der Waals surface area contributed by atoms with Gasteiger partial charge in [-0.05, 0) is 54.1 Å². The Kier molecular flexibility index (Phi) is 7.79. The fourth-order valence-corrected chi connectivity index (χ4v) is 4.87. The fraction of sp³-hybridized carbons (Fsp3) is 0.174. The minimum absolute atomic E-state index is 0.0879. The Labute approximate surface area is 198 Å². The van der Waals surface area contributed by atoms with Gasteiger partial charge in [0.1, 0.15) is 5.75 Å². The van der Waals surface area contributed by atoms with E-state index in [2.05, 4.69) is 0 Å². The molecule has 3 rings (SSSR count). The van der Waals surface area contributed by atoms with E-state index in [0.29, 0.717) is 27.0 Å². The number of anilines is 1. The molecule has 3 aromatic rings. The number of hydrogen-bond acceptors (Lipinski definition) is 4. The van der Waals surface area contributed by atoms with Crippen molar-refractivity contribution in [3.63, 3.8) is 0 Å². The number of sulfonamides is 1. The summed E-state index contributed by atoms with van der Waals surface area (Å²) >= 11 is 12.2. The number of rotatable bonds is 8. The Hall–Kier alpha value is -2.58. The van der Waals surface area contributed by atoms with Crippen molar-refractivity contribution in [2.24, 2.45) is 0 Å². The maximum Gasteiger partial charge on any atom is 0.243 e. The van der Waals surface area contributed by atoms with Crippen LogP contribution in [0.4, 0.5) is 5.69 Å². The van der Waals surface area contributed by atoms with Gasteiger partial charge in [0.05, 0.1) is 18.6 Å². The molecular weight excluding hydrogens is 471 g/mol. The first-order valence-electron chi connectivity index (χ1n) is 9.62. The summed E-state index contributed by atoms with van der Waals surface area (Å²) in [6.45, 7) is -0.464. The van der Waals surface area contributed by atoms with Crippen LogP contribution in [-0.2, 0) is 21.4 Å². The van der Waals surface area contributed by atoms with Crippen LogP contribution < -0.4 is 9.64 Å². The first-order valence-corrected chi connectivity index (χ1v) is 11.8. The number of ether oxygens (including phenoxy) is 1. The largest absolute Gasteiger partial charge is 0.497 e. The lowest BCUT2D eigenvalue weighted by Gasteiger charge is -2.25. The molecule has 0 saturated carbocycles. The molecule has 0 spiro atoms. The lowest BCUT2D eigenvalue weighted by Crippen LogP contribution is -2.41. The van der Waals surface area contributed by atoms with Crippen molar-refractivity contribution in [3.8, 4) is 5.75 Å². The van der Waals surface area contributed by atoms with Crippen LogP contribution in [-0.4, -0.2) is 39.3 Å². The molecular formula is C23H22Cl2N2O4S. The molecule has 0 aliphatic rings. The zero-order valence-electron chi connectivity index (χ0n) is 17.5. The third-order valence-corrected chi connectivity index (χ3v) is 7.28. The molecule has 0 aliphatic heterocycles. The van der Waals surface area contributed by atoms with Gasteiger partial charge in [0.15, 0.2) is 0 Å². The summed E-state index contributed by atoms with van der Waals surface area (Å²) in [6.07, 6.45) is 0. The van der Waals surface area contributed by atoms with Crippen molar-refractivity contribution in [1.82, 2.24) is 4.31 Å². The molecule has 0 saturated heterocycles. The SMILES string of the molecule is COc1ccc(N(C)C(=O)CN(Cc2ccc(Cl)cc2Cl)S(=O)(=O)c2ccccc2)cc1. The number of amides is 1. The summed E-state index contributed by atoms with van der Waals surface area (Å²) in [6, 6.07) is 19.7. The highest BCUT2D eigenvalue weighted by molar-refractivity contribution is 7.89. The van der Waals surface area contributed by atoms with Crippen LogP contribution in [0.25, 0.3) is 0 Å². The van der Waals surface area contributed by atoms with E-state index in [9.17, 15) is 13.2 Å². The molecule has 9 heteroatoms. The molecule has 3 aromatic carbocycles. The van der Waals surface area contributed by atoms with Gasteiger partial charge >= 0.3 is 0 Å². The molecule has 0 radical (unpaired) electrons. The summed E-state index contributed by atoms with van der Waals surface area (Å²) in [7, 11) is -0.830. The quantitative estimate of drug-likeness (QED) is 0.450. The van der Waals surface area contributed by atoms with Crippen LogP contribution in [0, 0.1) is 0 Å². The van der Waals surface area contributed by atoms with Crippen molar-refractivity contribution >= 4 is 44.8 Å². The van der Waals surface area contributed by atoms with Crippen LogP contribution in [0.5, 0.6) is 5.75 Å². The minimum Gasteiger partial charge on any atom is -0.497 e. The second kappa shape index (κ2) is 10.4. The van der Waals surface area contributed by atoms with E-state index in [1.54, 1.807) is 68.8 Å². The number of halogens is 2. The molecule has 0 aliphatic carbocycles. The average Bonchev–Trinajstić information content (AvgIpc) is 2.80. The van der Waals surface area contributed by atoms with Crippen LogP contribution in [0.2, 0.25) is 10.0 Å². The maximum absolute atomic E-state index is 13.4. The molecule has 0 heterocycles. The second-order valence-electron chi connectivity index (χ2n) is 6.97. The maximum atomic E-state index is 13.4. The van der Waals surface area contributed by atoms with Gasteiger partial charge in [0.2, 0.25) is 15.9 Å². The van der Waals surface area contributed by atoms with Gasteiger partial charge in [-0.25, -0.2) is 8.42 Å². The third-order valence-electron chi connectivity index (χ3n) is 4.89. The molecule has 0 fully saturated rings. The number of benzene rings is 3. The van der Waals surface area contributed by atoms with E-state index in [4.69, 9.17) is 27.9 Å². The molecule has 168 valence electrons. The van der Waals surface area contributed by atoms with E-state index >= 15 is 0 Å². The first-order chi connectivity index (χ1) is 15.2. The van der Waals surface area contributed by atoms with Gasteiger partial charge in [-0.1, -0.05) is 47.5 Å². The Balaban J connectivity index is 1.91. The van der Waals surface area contributed by atoms with E-state index in [1.807, 2.05) is 0 Å². The van der Waals surface area contributed by atoms with Crippen LogP contribution in [0.15, 0.2) is 77.7 Å². The summed E-state index contributed by atoms with van der Waals surface area (Å²) in [5, 5.41) is 0.758. The number of methoxy groups -OCH3 is 1. The summed E-state index contributed by atoms with van der Waals surface area (Å²) in [5.41, 5.74) is 1.15. The zero-order valence-corrected chi connectivity index (χ0v) is 19.9. The average molecular weight is 493 g/mol. The topological polar surface area (TPSA) is 66.9 Å². The van der Waals surface area contributed by atoms with Gasteiger partial charge in [-0.3, -0.25) is 4.79 Å². The molecule has 32 heavy (non-hydrogen) atoms. The highest BCUT2D eigenvalue weighted by Gasteiger charge is 2.29. The Morgan fingerprint density at radius 2 is 1.62 bits per heavy atom. The molecule has 6 nitrogen and oxygen atoms in total. The van der Waals surface area contributed by atoms with Gasteiger partial charge in [-0.2, -0.15) is 4.31 Å². The van der Waals surface area contributed by atoms with Crippen LogP contribution >= 0.6 is 23.2 Å². The number of nitrogens with zero attached hydrogens (tertiary/aromatic N) is 2. The van der Waals surface area contributed by atoms with E-state index in [1.165, 1.54) is 23.1 Å². The third kappa shape index (κ3) is 5.61.